The minimum Gasteiger partial charge on any atom is -0.496 e. The van der Waals surface area contributed by atoms with Gasteiger partial charge in [-0.2, -0.15) is 5.06 Å². The molecule has 22 heavy (non-hydrogen) atoms. The van der Waals surface area contributed by atoms with Gasteiger partial charge in [-0.05, 0) is 25.5 Å². The molecule has 0 radical (unpaired) electrons. The fourth-order valence-corrected chi connectivity index (χ4v) is 2.85. The molecule has 0 aromatic heterocycles. The standard InChI is InChI=1S/C18H20N2O2/c1-18(2)16(13-9-5-4-6-10-13)19-17(20(18)21)14-11-7-8-12-15(14)22-3/h4-12,17,21H,1-3H3/t17-/m1/s1. The number of methoxy groups -OCH3 is 1. The van der Waals surface area contributed by atoms with Crippen molar-refractivity contribution in [1.82, 2.24) is 5.06 Å². The minimum absolute atomic E-state index is 0.471. The van der Waals surface area contributed by atoms with E-state index in [0.717, 1.165) is 22.6 Å². The molecule has 2 aromatic carbocycles. The molecule has 1 aliphatic heterocycles. The smallest absolute Gasteiger partial charge is 0.155 e. The number of ether oxygens (including phenoxy) is 1. The Labute approximate surface area is 130 Å². The normalized spacial score (nSPS) is 20.7. The van der Waals surface area contributed by atoms with Crippen LogP contribution in [0.25, 0.3) is 0 Å². The zero-order valence-electron chi connectivity index (χ0n) is 13.0. The van der Waals surface area contributed by atoms with Gasteiger partial charge in [-0.25, -0.2) is 0 Å². The Morgan fingerprint density at radius 2 is 1.68 bits per heavy atom. The van der Waals surface area contributed by atoms with Gasteiger partial charge in [0, 0.05) is 5.56 Å². The molecule has 0 aliphatic carbocycles. The van der Waals surface area contributed by atoms with Gasteiger partial charge in [0.25, 0.3) is 0 Å². The van der Waals surface area contributed by atoms with E-state index in [-0.39, 0.29) is 0 Å². The molecule has 2 aromatic rings. The highest BCUT2D eigenvalue weighted by molar-refractivity contribution is 6.08. The third-order valence-corrected chi connectivity index (χ3v) is 4.10. The number of hydroxylamine groups is 2. The fourth-order valence-electron chi connectivity index (χ4n) is 2.85. The van der Waals surface area contributed by atoms with Crippen molar-refractivity contribution >= 4 is 5.71 Å². The highest BCUT2D eigenvalue weighted by Gasteiger charge is 2.44. The Hall–Kier alpha value is -2.17. The topological polar surface area (TPSA) is 45.1 Å². The van der Waals surface area contributed by atoms with Gasteiger partial charge in [0.05, 0.1) is 18.4 Å². The predicted molar refractivity (Wildman–Crippen MR) is 86.4 cm³/mol. The molecule has 0 unspecified atom stereocenters. The molecule has 0 bridgehead atoms. The fraction of sp³-hybridized carbons (Fsp3) is 0.278. The Morgan fingerprint density at radius 3 is 2.36 bits per heavy atom. The van der Waals surface area contributed by atoms with Crippen molar-refractivity contribution in [3.05, 3.63) is 65.7 Å². The van der Waals surface area contributed by atoms with E-state index in [1.54, 1.807) is 7.11 Å². The van der Waals surface area contributed by atoms with Crippen molar-refractivity contribution in [2.75, 3.05) is 7.11 Å². The summed E-state index contributed by atoms with van der Waals surface area (Å²) >= 11 is 0. The number of nitrogens with zero attached hydrogens (tertiary/aromatic N) is 2. The van der Waals surface area contributed by atoms with Gasteiger partial charge in [-0.3, -0.25) is 4.99 Å². The second-order valence-corrected chi connectivity index (χ2v) is 5.86. The average Bonchev–Trinajstić information content (AvgIpc) is 2.79. The number of benzene rings is 2. The highest BCUT2D eigenvalue weighted by atomic mass is 16.5. The molecule has 114 valence electrons. The first-order valence-corrected chi connectivity index (χ1v) is 7.30. The lowest BCUT2D eigenvalue weighted by Crippen LogP contribution is -2.44. The monoisotopic (exact) mass is 296 g/mol. The van der Waals surface area contributed by atoms with Crippen molar-refractivity contribution in [1.29, 1.82) is 0 Å². The molecule has 1 N–H and O–H groups in total. The first-order valence-electron chi connectivity index (χ1n) is 7.30. The predicted octanol–water partition coefficient (Wildman–Crippen LogP) is 3.67. The van der Waals surface area contributed by atoms with E-state index in [0.29, 0.717) is 0 Å². The van der Waals surface area contributed by atoms with Gasteiger partial charge < -0.3 is 9.94 Å². The van der Waals surface area contributed by atoms with Crippen molar-refractivity contribution in [3.63, 3.8) is 0 Å². The molecule has 1 aliphatic rings. The van der Waals surface area contributed by atoms with Gasteiger partial charge in [-0.1, -0.05) is 48.5 Å². The van der Waals surface area contributed by atoms with Crippen LogP contribution in [0.15, 0.2) is 59.6 Å². The Bertz CT molecular complexity index is 695. The van der Waals surface area contributed by atoms with Gasteiger partial charge >= 0.3 is 0 Å². The van der Waals surface area contributed by atoms with E-state index < -0.39 is 11.7 Å². The summed E-state index contributed by atoms with van der Waals surface area (Å²) in [5.41, 5.74) is 2.16. The van der Waals surface area contributed by atoms with Crippen LogP contribution in [-0.4, -0.2) is 28.6 Å². The zero-order chi connectivity index (χ0) is 15.7. The summed E-state index contributed by atoms with van der Waals surface area (Å²) in [5, 5.41) is 12.0. The molecular formula is C18H20N2O2. The van der Waals surface area contributed by atoms with Crippen molar-refractivity contribution in [2.24, 2.45) is 4.99 Å². The van der Waals surface area contributed by atoms with Crippen LogP contribution >= 0.6 is 0 Å². The van der Waals surface area contributed by atoms with Crippen LogP contribution in [0, 0.1) is 0 Å². The lowest BCUT2D eigenvalue weighted by Gasteiger charge is -2.30. The van der Waals surface area contributed by atoms with Crippen LogP contribution in [0.1, 0.15) is 31.1 Å². The van der Waals surface area contributed by atoms with Crippen LogP contribution in [-0.2, 0) is 0 Å². The van der Waals surface area contributed by atoms with Crippen molar-refractivity contribution in [2.45, 2.75) is 25.6 Å². The van der Waals surface area contributed by atoms with Gasteiger partial charge in [-0.15, -0.1) is 0 Å². The van der Waals surface area contributed by atoms with E-state index in [1.807, 2.05) is 68.4 Å². The molecule has 0 amide bonds. The first-order chi connectivity index (χ1) is 10.6. The summed E-state index contributed by atoms with van der Waals surface area (Å²) in [5.74, 6) is 0.723. The third-order valence-electron chi connectivity index (χ3n) is 4.10. The quantitative estimate of drug-likeness (QED) is 0.940. The highest BCUT2D eigenvalue weighted by Crippen LogP contribution is 2.40. The molecule has 0 fully saturated rings. The lowest BCUT2D eigenvalue weighted by molar-refractivity contribution is -0.159. The number of hydrogen-bond acceptors (Lipinski definition) is 4. The van der Waals surface area contributed by atoms with E-state index in [9.17, 15) is 5.21 Å². The van der Waals surface area contributed by atoms with E-state index in [2.05, 4.69) is 0 Å². The summed E-state index contributed by atoms with van der Waals surface area (Å²) < 4.78 is 5.41. The van der Waals surface area contributed by atoms with E-state index in [4.69, 9.17) is 9.73 Å². The van der Waals surface area contributed by atoms with Crippen LogP contribution in [0.3, 0.4) is 0 Å². The summed E-state index contributed by atoms with van der Waals surface area (Å²) in [7, 11) is 1.63. The second-order valence-electron chi connectivity index (χ2n) is 5.86. The molecule has 0 spiro atoms. The van der Waals surface area contributed by atoms with Crippen molar-refractivity contribution in [3.8, 4) is 5.75 Å². The molecule has 3 rings (SSSR count). The zero-order valence-corrected chi connectivity index (χ0v) is 13.0. The molecule has 0 saturated carbocycles. The van der Waals surface area contributed by atoms with Crippen LogP contribution in [0.4, 0.5) is 0 Å². The summed E-state index contributed by atoms with van der Waals surface area (Å²) in [6.07, 6.45) is -0.471. The Balaban J connectivity index is 2.09. The maximum absolute atomic E-state index is 10.7. The summed E-state index contributed by atoms with van der Waals surface area (Å²) in [6.45, 7) is 3.93. The van der Waals surface area contributed by atoms with Gasteiger partial charge in [0.1, 0.15) is 5.75 Å². The second kappa shape index (κ2) is 5.55. The maximum atomic E-state index is 10.7. The van der Waals surface area contributed by atoms with Crippen LogP contribution < -0.4 is 4.74 Å². The van der Waals surface area contributed by atoms with Crippen LogP contribution in [0.5, 0.6) is 5.75 Å². The number of hydrogen-bond donors (Lipinski definition) is 1. The van der Waals surface area contributed by atoms with Gasteiger partial charge in [0.2, 0.25) is 0 Å². The van der Waals surface area contributed by atoms with E-state index >= 15 is 0 Å². The largest absolute Gasteiger partial charge is 0.496 e. The molecule has 4 nitrogen and oxygen atoms in total. The SMILES string of the molecule is COc1ccccc1[C@@H]1N=C(c2ccccc2)C(C)(C)N1O. The molecular weight excluding hydrogens is 276 g/mol. The average molecular weight is 296 g/mol. The van der Waals surface area contributed by atoms with Crippen LogP contribution in [0.2, 0.25) is 0 Å². The minimum atomic E-state index is -0.577. The van der Waals surface area contributed by atoms with E-state index in [1.165, 1.54) is 5.06 Å². The first kappa shape index (κ1) is 14.8. The van der Waals surface area contributed by atoms with Crippen molar-refractivity contribution < 1.29 is 9.94 Å². The Kier molecular flexibility index (Phi) is 3.72. The summed E-state index contributed by atoms with van der Waals surface area (Å²) in [4.78, 5) is 4.78. The Morgan fingerprint density at radius 1 is 1.05 bits per heavy atom. The number of para-hydroxylation sites is 1. The molecule has 4 heteroatoms. The summed E-state index contributed by atoms with van der Waals surface area (Å²) in [6, 6.07) is 17.6. The molecule has 1 heterocycles. The maximum Gasteiger partial charge on any atom is 0.155 e. The third kappa shape index (κ3) is 2.30. The molecule has 0 saturated heterocycles. The number of rotatable bonds is 3. The molecule has 1 atom stereocenters. The lowest BCUT2D eigenvalue weighted by atomic mass is 9.93. The van der Waals surface area contributed by atoms with Gasteiger partial charge in [0.15, 0.2) is 6.17 Å². The number of aliphatic imine (C=N–C) groups is 1.